The molecule has 0 aromatic heterocycles. The van der Waals surface area contributed by atoms with Crippen molar-refractivity contribution in [2.24, 2.45) is 29.1 Å². The summed E-state index contributed by atoms with van der Waals surface area (Å²) in [5, 5.41) is 9.28. The van der Waals surface area contributed by atoms with Crippen LogP contribution in [0.15, 0.2) is 36.5 Å². The molecule has 1 N–H and O–H groups in total. The van der Waals surface area contributed by atoms with Gasteiger partial charge in [0.15, 0.2) is 5.78 Å². The van der Waals surface area contributed by atoms with E-state index in [0.29, 0.717) is 0 Å². The summed E-state index contributed by atoms with van der Waals surface area (Å²) in [5.74, 6) is -4.54. The third-order valence-electron chi connectivity index (χ3n) is 6.70. The van der Waals surface area contributed by atoms with Gasteiger partial charge in [-0.05, 0) is 18.9 Å². The average molecular weight is 432 g/mol. The quantitative estimate of drug-likeness (QED) is 0.395. The van der Waals surface area contributed by atoms with E-state index in [1.807, 2.05) is 6.92 Å². The first-order valence-corrected chi connectivity index (χ1v) is 10.3. The molecule has 0 aromatic carbocycles. The number of ether oxygens (including phenoxy) is 3. The standard InChI is InChI=1S/C23H28O8/c1-10(2)20(26)29-17-12(4)14-7-8-15(25)23(14,6)19(31-21(27)11(3)9-24)16-13(5)22(28)30-18(16)17/h7-8,10,12,14,16-19,24H,3,5,9H2,1-2,4,6H3/t12-,14-,16+,17+,18-,19-,23-/m0/s1. The van der Waals surface area contributed by atoms with E-state index in [2.05, 4.69) is 13.2 Å². The highest BCUT2D eigenvalue weighted by molar-refractivity contribution is 5.99. The second-order valence-electron chi connectivity index (χ2n) is 8.96. The minimum atomic E-state index is -1.25. The summed E-state index contributed by atoms with van der Waals surface area (Å²) in [6.07, 6.45) is 0.167. The molecule has 1 saturated heterocycles. The van der Waals surface area contributed by atoms with Crippen LogP contribution in [0.4, 0.5) is 0 Å². The summed E-state index contributed by atoms with van der Waals surface area (Å²) in [4.78, 5) is 50.5. The van der Waals surface area contributed by atoms with Crippen molar-refractivity contribution in [3.05, 3.63) is 36.5 Å². The van der Waals surface area contributed by atoms with E-state index in [-0.39, 0.29) is 16.9 Å². The SMILES string of the molecule is C=C(CO)C(=O)O[C@H]1[C@@H]2C(=C)C(=O)O[C@@H]2[C@H](OC(=O)C(C)C)[C@@H](C)[C@@H]2C=CC(=O)[C@]21C. The number of carbonyl (C=O) groups is 4. The van der Waals surface area contributed by atoms with Gasteiger partial charge in [-0.15, -0.1) is 0 Å². The molecule has 7 atom stereocenters. The van der Waals surface area contributed by atoms with Gasteiger partial charge in [-0.3, -0.25) is 9.59 Å². The molecule has 3 aliphatic rings. The molecule has 2 fully saturated rings. The molecule has 2 aliphatic carbocycles. The monoisotopic (exact) mass is 432 g/mol. The van der Waals surface area contributed by atoms with E-state index in [1.54, 1.807) is 26.8 Å². The van der Waals surface area contributed by atoms with E-state index in [9.17, 15) is 24.3 Å². The van der Waals surface area contributed by atoms with Crippen LogP contribution in [0.3, 0.4) is 0 Å². The number of esters is 3. The molecule has 1 saturated carbocycles. The molecule has 0 aromatic rings. The van der Waals surface area contributed by atoms with Crippen LogP contribution in [0.25, 0.3) is 0 Å². The number of fused-ring (bicyclic) bond motifs is 2. The maximum absolute atomic E-state index is 13.1. The van der Waals surface area contributed by atoms with Crippen molar-refractivity contribution in [3.8, 4) is 0 Å². The Labute approximate surface area is 180 Å². The van der Waals surface area contributed by atoms with Gasteiger partial charge in [0.1, 0.15) is 18.3 Å². The number of rotatable bonds is 5. The number of allylic oxidation sites excluding steroid dienone is 2. The molecular weight excluding hydrogens is 404 g/mol. The van der Waals surface area contributed by atoms with E-state index >= 15 is 0 Å². The van der Waals surface area contributed by atoms with E-state index in [0.717, 1.165) is 0 Å². The Hall–Kier alpha value is -2.74. The van der Waals surface area contributed by atoms with E-state index < -0.39 is 71.9 Å². The van der Waals surface area contributed by atoms with Crippen LogP contribution in [0.5, 0.6) is 0 Å². The number of hydrogen-bond donors (Lipinski definition) is 1. The largest absolute Gasteiger partial charge is 0.458 e. The molecule has 168 valence electrons. The fourth-order valence-corrected chi connectivity index (χ4v) is 4.80. The van der Waals surface area contributed by atoms with Crippen LogP contribution in [0.1, 0.15) is 27.7 Å². The lowest BCUT2D eigenvalue weighted by Gasteiger charge is -2.39. The Bertz CT molecular complexity index is 884. The highest BCUT2D eigenvalue weighted by atomic mass is 16.6. The van der Waals surface area contributed by atoms with Crippen molar-refractivity contribution in [2.75, 3.05) is 6.61 Å². The van der Waals surface area contributed by atoms with Gasteiger partial charge >= 0.3 is 17.9 Å². The molecule has 0 amide bonds. The van der Waals surface area contributed by atoms with Crippen LogP contribution in [-0.2, 0) is 33.4 Å². The predicted octanol–water partition coefficient (Wildman–Crippen LogP) is 1.52. The topological polar surface area (TPSA) is 116 Å². The normalized spacial score (nSPS) is 36.5. The number of aliphatic hydroxyl groups excluding tert-OH is 1. The van der Waals surface area contributed by atoms with Crippen molar-refractivity contribution in [1.82, 2.24) is 0 Å². The Morgan fingerprint density at radius 3 is 2.52 bits per heavy atom. The van der Waals surface area contributed by atoms with Gasteiger partial charge < -0.3 is 19.3 Å². The number of aliphatic hydroxyl groups is 1. The fourth-order valence-electron chi connectivity index (χ4n) is 4.80. The van der Waals surface area contributed by atoms with Crippen molar-refractivity contribution in [2.45, 2.75) is 46.0 Å². The second-order valence-corrected chi connectivity index (χ2v) is 8.96. The van der Waals surface area contributed by atoms with Gasteiger partial charge in [0.2, 0.25) is 0 Å². The molecule has 1 aliphatic heterocycles. The molecule has 0 spiro atoms. The van der Waals surface area contributed by atoms with Gasteiger partial charge in [0.25, 0.3) is 0 Å². The molecule has 8 heteroatoms. The first-order chi connectivity index (χ1) is 14.4. The zero-order chi connectivity index (χ0) is 23.2. The summed E-state index contributed by atoms with van der Waals surface area (Å²) >= 11 is 0. The molecule has 31 heavy (non-hydrogen) atoms. The summed E-state index contributed by atoms with van der Waals surface area (Å²) in [5.41, 5.74) is -1.40. The van der Waals surface area contributed by atoms with Crippen molar-refractivity contribution in [3.63, 3.8) is 0 Å². The van der Waals surface area contributed by atoms with Gasteiger partial charge in [-0.1, -0.05) is 40.0 Å². The molecule has 0 bridgehead atoms. The Morgan fingerprint density at radius 1 is 1.29 bits per heavy atom. The number of carbonyl (C=O) groups excluding carboxylic acids is 4. The summed E-state index contributed by atoms with van der Waals surface area (Å²) in [7, 11) is 0. The van der Waals surface area contributed by atoms with Crippen LogP contribution in [0.2, 0.25) is 0 Å². The Balaban J connectivity index is 2.14. The molecular formula is C23H28O8. The first-order valence-electron chi connectivity index (χ1n) is 10.3. The van der Waals surface area contributed by atoms with Crippen LogP contribution >= 0.6 is 0 Å². The van der Waals surface area contributed by atoms with Crippen molar-refractivity contribution >= 4 is 23.7 Å². The molecule has 0 radical (unpaired) electrons. The first kappa shape index (κ1) is 22.9. The van der Waals surface area contributed by atoms with Crippen LogP contribution < -0.4 is 0 Å². The lowest BCUT2D eigenvalue weighted by molar-refractivity contribution is -0.172. The summed E-state index contributed by atoms with van der Waals surface area (Å²) in [6, 6.07) is 0. The highest BCUT2D eigenvalue weighted by Crippen LogP contribution is 2.55. The van der Waals surface area contributed by atoms with Crippen molar-refractivity contribution < 1.29 is 38.5 Å². The second kappa shape index (κ2) is 8.07. The van der Waals surface area contributed by atoms with Crippen LogP contribution in [0, 0.1) is 29.1 Å². The minimum Gasteiger partial charge on any atom is -0.458 e. The Morgan fingerprint density at radius 2 is 1.94 bits per heavy atom. The minimum absolute atomic E-state index is 0.0387. The van der Waals surface area contributed by atoms with E-state index in [4.69, 9.17) is 14.2 Å². The van der Waals surface area contributed by atoms with E-state index in [1.165, 1.54) is 6.08 Å². The van der Waals surface area contributed by atoms with Crippen LogP contribution in [-0.4, -0.2) is 53.7 Å². The van der Waals surface area contributed by atoms with Gasteiger partial charge in [-0.2, -0.15) is 0 Å². The third-order valence-corrected chi connectivity index (χ3v) is 6.70. The zero-order valence-corrected chi connectivity index (χ0v) is 18.1. The van der Waals surface area contributed by atoms with Gasteiger partial charge in [0.05, 0.1) is 29.4 Å². The Kier molecular flexibility index (Phi) is 5.97. The predicted molar refractivity (Wildman–Crippen MR) is 108 cm³/mol. The third kappa shape index (κ3) is 3.52. The number of hydrogen-bond acceptors (Lipinski definition) is 8. The maximum atomic E-state index is 13.1. The lowest BCUT2D eigenvalue weighted by Crippen LogP contribution is -2.49. The lowest BCUT2D eigenvalue weighted by atomic mass is 9.67. The highest BCUT2D eigenvalue weighted by Gasteiger charge is 2.65. The molecule has 1 heterocycles. The zero-order valence-electron chi connectivity index (χ0n) is 18.1. The fraction of sp³-hybridized carbons (Fsp3) is 0.565. The van der Waals surface area contributed by atoms with Crippen molar-refractivity contribution in [1.29, 1.82) is 0 Å². The molecule has 3 rings (SSSR count). The molecule has 0 unspecified atom stereocenters. The molecule has 8 nitrogen and oxygen atoms in total. The van der Waals surface area contributed by atoms with Gasteiger partial charge in [-0.25, -0.2) is 9.59 Å². The average Bonchev–Trinajstić information content (AvgIpc) is 3.16. The summed E-state index contributed by atoms with van der Waals surface area (Å²) < 4.78 is 17.0. The summed E-state index contributed by atoms with van der Waals surface area (Å²) in [6.45, 7) is 13.5. The smallest absolute Gasteiger partial charge is 0.336 e. The van der Waals surface area contributed by atoms with Gasteiger partial charge in [0, 0.05) is 11.5 Å². The number of ketones is 1. The maximum Gasteiger partial charge on any atom is 0.336 e.